The third-order valence-corrected chi connectivity index (χ3v) is 9.88. The summed E-state index contributed by atoms with van der Waals surface area (Å²) in [7, 11) is 0. The van der Waals surface area contributed by atoms with Crippen LogP contribution in [0.5, 0.6) is 0 Å². The average molecular weight is 564 g/mol. The summed E-state index contributed by atoms with van der Waals surface area (Å²) in [6, 6.07) is 23.0. The van der Waals surface area contributed by atoms with Crippen LogP contribution in [-0.2, 0) is 0 Å². The molecule has 7 rings (SSSR count). The highest BCUT2D eigenvalue weighted by atomic mass is 35.5. The maximum absolute atomic E-state index is 14.7. The SMILES string of the molecule is CC(C)c1ccc([C@@H]2[C@@H](C(=O)c3cccs3)N3c4ccc(Cl)cc4C=CC3C23C(=O)c2ccccc2C3=O)cc1. The molecule has 0 bridgehead atoms. The molecule has 1 aliphatic carbocycles. The zero-order valence-electron chi connectivity index (χ0n) is 22.0. The minimum atomic E-state index is -1.49. The van der Waals surface area contributed by atoms with E-state index in [-0.39, 0.29) is 17.3 Å². The number of hydrogen-bond donors (Lipinski definition) is 0. The van der Waals surface area contributed by atoms with Gasteiger partial charge in [-0.15, -0.1) is 11.3 Å². The summed E-state index contributed by atoms with van der Waals surface area (Å²) < 4.78 is 0. The van der Waals surface area contributed by atoms with Gasteiger partial charge in [-0.2, -0.15) is 0 Å². The average Bonchev–Trinajstić information content (AvgIpc) is 3.66. The van der Waals surface area contributed by atoms with Crippen LogP contribution in [0.2, 0.25) is 5.02 Å². The monoisotopic (exact) mass is 563 g/mol. The molecule has 0 saturated carbocycles. The highest BCUT2D eigenvalue weighted by Gasteiger charge is 2.71. The fourth-order valence-corrected chi connectivity index (χ4v) is 7.85. The fraction of sp³-hybridized carbons (Fsp3) is 0.206. The molecule has 3 heterocycles. The maximum atomic E-state index is 14.7. The first kappa shape index (κ1) is 25.2. The van der Waals surface area contributed by atoms with E-state index in [1.807, 2.05) is 58.8 Å². The molecule has 1 unspecified atom stereocenters. The molecule has 0 amide bonds. The lowest BCUT2D eigenvalue weighted by molar-refractivity contribution is 0.0666. The lowest BCUT2D eigenvalue weighted by Crippen LogP contribution is -2.48. The van der Waals surface area contributed by atoms with Gasteiger partial charge in [0, 0.05) is 27.8 Å². The molecule has 3 aliphatic rings. The number of halogens is 1. The second kappa shape index (κ2) is 9.12. The standard InChI is InChI=1S/C34H26ClNO3S/c1-19(2)20-9-11-21(12-10-20)29-30(31(37)27-8-5-17-40-27)36-26-15-14-23(35)18-22(26)13-16-28(36)34(29)32(38)24-6-3-4-7-25(24)33(34)39/h3-19,28-30H,1-2H3/t28?,29-,30+/m1/s1. The lowest BCUT2D eigenvalue weighted by Gasteiger charge is -2.37. The lowest BCUT2D eigenvalue weighted by atomic mass is 9.64. The molecule has 3 atom stereocenters. The van der Waals surface area contributed by atoms with Crippen LogP contribution in [0.25, 0.3) is 6.08 Å². The first-order valence-electron chi connectivity index (χ1n) is 13.5. The summed E-state index contributed by atoms with van der Waals surface area (Å²) >= 11 is 7.75. The second-order valence-corrected chi connectivity index (χ2v) is 12.5. The van der Waals surface area contributed by atoms with E-state index in [0.717, 1.165) is 22.4 Å². The number of benzene rings is 3. The van der Waals surface area contributed by atoms with Crippen molar-refractivity contribution in [3.8, 4) is 0 Å². The molecule has 1 saturated heterocycles. The van der Waals surface area contributed by atoms with Gasteiger partial charge in [-0.25, -0.2) is 0 Å². The minimum Gasteiger partial charge on any atom is -0.352 e. The highest BCUT2D eigenvalue weighted by Crippen LogP contribution is 2.61. The first-order valence-corrected chi connectivity index (χ1v) is 14.7. The van der Waals surface area contributed by atoms with Crippen molar-refractivity contribution in [2.24, 2.45) is 5.41 Å². The number of nitrogens with zero attached hydrogens (tertiary/aromatic N) is 1. The number of ketones is 3. The van der Waals surface area contributed by atoms with Crippen molar-refractivity contribution in [2.75, 3.05) is 4.90 Å². The van der Waals surface area contributed by atoms with Crippen LogP contribution in [-0.4, -0.2) is 29.4 Å². The number of thiophene rings is 1. The van der Waals surface area contributed by atoms with Gasteiger partial charge in [-0.05, 0) is 52.3 Å². The smallest absolute Gasteiger partial charge is 0.195 e. The molecule has 6 heteroatoms. The Balaban J connectivity index is 1.54. The van der Waals surface area contributed by atoms with Crippen LogP contribution in [0, 0.1) is 5.41 Å². The van der Waals surface area contributed by atoms with E-state index in [0.29, 0.717) is 26.9 Å². The van der Waals surface area contributed by atoms with E-state index in [4.69, 9.17) is 11.6 Å². The van der Waals surface area contributed by atoms with Gasteiger partial charge in [-0.1, -0.05) is 92.2 Å². The Morgan fingerprint density at radius 2 is 1.62 bits per heavy atom. The summed E-state index contributed by atoms with van der Waals surface area (Å²) in [5.74, 6) is -0.913. The van der Waals surface area contributed by atoms with Gasteiger partial charge in [0.1, 0.15) is 11.5 Å². The predicted molar refractivity (Wildman–Crippen MR) is 160 cm³/mol. The van der Waals surface area contributed by atoms with Crippen LogP contribution in [0.3, 0.4) is 0 Å². The van der Waals surface area contributed by atoms with Gasteiger partial charge in [0.2, 0.25) is 0 Å². The van der Waals surface area contributed by atoms with Gasteiger partial charge < -0.3 is 4.90 Å². The van der Waals surface area contributed by atoms with Crippen LogP contribution < -0.4 is 4.90 Å². The first-order chi connectivity index (χ1) is 19.3. The minimum absolute atomic E-state index is 0.0948. The number of fused-ring (bicyclic) bond motifs is 5. The van der Waals surface area contributed by atoms with E-state index in [2.05, 4.69) is 26.0 Å². The largest absolute Gasteiger partial charge is 0.352 e. The van der Waals surface area contributed by atoms with E-state index in [1.165, 1.54) is 11.3 Å². The fourth-order valence-electron chi connectivity index (χ4n) is 6.97. The summed E-state index contributed by atoms with van der Waals surface area (Å²) in [4.78, 5) is 46.5. The molecule has 2 aliphatic heterocycles. The number of carbonyl (C=O) groups is 3. The number of rotatable bonds is 4. The van der Waals surface area contributed by atoms with Crippen molar-refractivity contribution in [3.05, 3.63) is 128 Å². The molecule has 1 spiro atoms. The molecule has 3 aromatic carbocycles. The third kappa shape index (κ3) is 3.34. The van der Waals surface area contributed by atoms with E-state index < -0.39 is 23.4 Å². The molecule has 1 fully saturated rings. The predicted octanol–water partition coefficient (Wildman–Crippen LogP) is 7.84. The summed E-state index contributed by atoms with van der Waals surface area (Å²) in [5.41, 5.74) is 2.98. The van der Waals surface area contributed by atoms with Gasteiger partial charge >= 0.3 is 0 Å². The van der Waals surface area contributed by atoms with Gasteiger partial charge in [0.25, 0.3) is 0 Å². The van der Waals surface area contributed by atoms with Crippen molar-refractivity contribution in [2.45, 2.75) is 37.8 Å². The van der Waals surface area contributed by atoms with Crippen molar-refractivity contribution in [3.63, 3.8) is 0 Å². The Hall–Kier alpha value is -3.80. The quantitative estimate of drug-likeness (QED) is 0.187. The van der Waals surface area contributed by atoms with Gasteiger partial charge in [-0.3, -0.25) is 14.4 Å². The molecule has 1 aromatic heterocycles. The Morgan fingerprint density at radius 1 is 0.925 bits per heavy atom. The Morgan fingerprint density at radius 3 is 2.25 bits per heavy atom. The van der Waals surface area contributed by atoms with Crippen molar-refractivity contribution >= 4 is 52.1 Å². The number of Topliss-reactive ketones (excluding diaryl/α,β-unsaturated/α-hetero) is 3. The van der Waals surface area contributed by atoms with Crippen LogP contribution in [0.1, 0.15) is 72.8 Å². The Labute approximate surface area is 241 Å². The highest BCUT2D eigenvalue weighted by molar-refractivity contribution is 7.12. The van der Waals surface area contributed by atoms with Gasteiger partial charge in [0.05, 0.1) is 10.9 Å². The summed E-state index contributed by atoms with van der Waals surface area (Å²) in [5, 5.41) is 2.46. The molecular formula is C34H26ClNO3S. The third-order valence-electron chi connectivity index (χ3n) is 8.76. The van der Waals surface area contributed by atoms with Gasteiger partial charge in [0.15, 0.2) is 17.3 Å². The summed E-state index contributed by atoms with van der Waals surface area (Å²) in [6.45, 7) is 4.26. The van der Waals surface area contributed by atoms with E-state index in [9.17, 15) is 14.4 Å². The maximum Gasteiger partial charge on any atom is 0.195 e. The normalized spacial score (nSPS) is 22.1. The Kier molecular flexibility index (Phi) is 5.74. The molecular weight excluding hydrogens is 538 g/mol. The molecule has 0 radical (unpaired) electrons. The molecule has 0 N–H and O–H groups in total. The van der Waals surface area contributed by atoms with Crippen LogP contribution >= 0.6 is 22.9 Å². The molecule has 4 nitrogen and oxygen atoms in total. The zero-order chi connectivity index (χ0) is 27.8. The van der Waals surface area contributed by atoms with Crippen molar-refractivity contribution in [1.29, 1.82) is 0 Å². The zero-order valence-corrected chi connectivity index (χ0v) is 23.6. The number of hydrogen-bond acceptors (Lipinski definition) is 5. The second-order valence-electron chi connectivity index (χ2n) is 11.1. The van der Waals surface area contributed by atoms with Crippen molar-refractivity contribution in [1.82, 2.24) is 0 Å². The number of carbonyl (C=O) groups excluding carboxylic acids is 3. The Bertz CT molecular complexity index is 1690. The molecule has 40 heavy (non-hydrogen) atoms. The summed E-state index contributed by atoms with van der Waals surface area (Å²) in [6.07, 6.45) is 3.86. The molecule has 4 aromatic rings. The van der Waals surface area contributed by atoms with Crippen LogP contribution in [0.15, 0.2) is 90.3 Å². The topological polar surface area (TPSA) is 54.5 Å². The van der Waals surface area contributed by atoms with E-state index in [1.54, 1.807) is 30.3 Å². The van der Waals surface area contributed by atoms with E-state index >= 15 is 0 Å². The molecule has 198 valence electrons. The number of anilines is 1. The van der Waals surface area contributed by atoms with Crippen LogP contribution in [0.4, 0.5) is 5.69 Å². The van der Waals surface area contributed by atoms with Crippen molar-refractivity contribution < 1.29 is 14.4 Å².